The molecule has 3 aliphatic heterocycles. The average molecular weight is 431 g/mol. The van der Waals surface area contributed by atoms with Gasteiger partial charge in [0.1, 0.15) is 6.04 Å². The van der Waals surface area contributed by atoms with Gasteiger partial charge in [0, 0.05) is 45.6 Å². The van der Waals surface area contributed by atoms with Gasteiger partial charge in [-0.15, -0.1) is 0 Å². The fourth-order valence-corrected chi connectivity index (χ4v) is 4.51. The molecule has 148 valence electrons. The third-order valence-electron chi connectivity index (χ3n) is 5.59. The molecule has 3 aliphatic rings. The lowest BCUT2D eigenvalue weighted by atomic mass is 9.96. The van der Waals surface area contributed by atoms with E-state index < -0.39 is 11.7 Å². The van der Waals surface area contributed by atoms with Crippen molar-refractivity contribution in [1.82, 2.24) is 9.97 Å². The second-order valence-corrected chi connectivity index (χ2v) is 7.94. The van der Waals surface area contributed by atoms with Gasteiger partial charge in [0.05, 0.1) is 10.3 Å². The number of nitrogens with one attached hydrogen (secondary N) is 2. The fraction of sp³-hybridized carbons (Fsp3) is 0.273. The molecule has 0 fully saturated rings. The smallest absolute Gasteiger partial charge is 0.189 e. The zero-order valence-electron chi connectivity index (χ0n) is 16.1. The molecule has 2 unspecified atom stereocenters. The molecule has 0 amide bonds. The molecule has 30 heavy (non-hydrogen) atoms. The molecule has 2 N–H and O–H groups in total. The minimum atomic E-state index is -0.883. The van der Waals surface area contributed by atoms with E-state index in [1.54, 1.807) is 0 Å². The highest BCUT2D eigenvalue weighted by molar-refractivity contribution is 7.78. The lowest BCUT2D eigenvalue weighted by Gasteiger charge is -2.25. The van der Waals surface area contributed by atoms with Crippen LogP contribution in [0.5, 0.6) is 0 Å². The van der Waals surface area contributed by atoms with Gasteiger partial charge >= 0.3 is 0 Å². The number of nitrogens with zero attached hydrogens (tertiary/aromatic N) is 4. The Bertz CT molecular complexity index is 1330. The SMILES string of the molecule is S=C=NC1c2ccc([nH]2)C=C2CCC(=N2)C=c2ccc([nH]2)=CC2=NC1(N=C=S)CC2. The molecule has 0 aliphatic carbocycles. The number of aromatic nitrogens is 2. The number of H-pyrrole nitrogens is 2. The second kappa shape index (κ2) is 7.67. The second-order valence-electron chi connectivity index (χ2n) is 7.57. The lowest BCUT2D eigenvalue weighted by Crippen LogP contribution is -2.29. The molecule has 0 spiro atoms. The number of aliphatic imine (C=N–C) groups is 4. The van der Waals surface area contributed by atoms with E-state index in [1.165, 1.54) is 0 Å². The highest BCUT2D eigenvalue weighted by Crippen LogP contribution is 2.41. The average Bonchev–Trinajstić information content (AvgIpc) is 3.51. The van der Waals surface area contributed by atoms with Crippen LogP contribution in [0.25, 0.3) is 18.2 Å². The van der Waals surface area contributed by atoms with Crippen LogP contribution in [0.3, 0.4) is 0 Å². The number of isothiocyanates is 2. The molecular weight excluding hydrogens is 412 g/mol. The summed E-state index contributed by atoms with van der Waals surface area (Å²) >= 11 is 9.91. The Morgan fingerprint density at radius 3 is 2.57 bits per heavy atom. The van der Waals surface area contributed by atoms with Crippen LogP contribution in [0.1, 0.15) is 43.1 Å². The summed E-state index contributed by atoms with van der Waals surface area (Å²) in [5.74, 6) is 0. The van der Waals surface area contributed by atoms with Crippen molar-refractivity contribution >= 4 is 64.4 Å². The van der Waals surface area contributed by atoms with E-state index in [0.717, 1.165) is 58.5 Å². The molecule has 0 aromatic carbocycles. The van der Waals surface area contributed by atoms with Crippen LogP contribution in [-0.2, 0) is 0 Å². The van der Waals surface area contributed by atoms with Crippen LogP contribution in [0, 0.1) is 0 Å². The molecule has 0 radical (unpaired) electrons. The third kappa shape index (κ3) is 3.51. The zero-order valence-corrected chi connectivity index (χ0v) is 17.7. The van der Waals surface area contributed by atoms with Gasteiger partial charge in [-0.1, -0.05) is 0 Å². The van der Waals surface area contributed by atoms with Crippen LogP contribution in [0.15, 0.2) is 49.9 Å². The first-order valence-corrected chi connectivity index (χ1v) is 10.6. The van der Waals surface area contributed by atoms with Crippen molar-refractivity contribution in [3.63, 3.8) is 0 Å². The highest BCUT2D eigenvalue weighted by atomic mass is 32.1. The maximum absolute atomic E-state index is 4.96. The molecule has 8 heteroatoms. The number of aromatic amines is 2. The van der Waals surface area contributed by atoms with Gasteiger partial charge in [0.15, 0.2) is 5.66 Å². The Balaban J connectivity index is 1.75. The minimum absolute atomic E-state index is 0.452. The van der Waals surface area contributed by atoms with Crippen LogP contribution < -0.4 is 10.7 Å². The summed E-state index contributed by atoms with van der Waals surface area (Å²) < 4.78 is 0. The van der Waals surface area contributed by atoms with Gasteiger partial charge in [-0.05, 0) is 86.2 Å². The molecule has 2 atom stereocenters. The Labute approximate surface area is 183 Å². The van der Waals surface area contributed by atoms with Crippen LogP contribution in [-0.4, -0.2) is 37.4 Å². The summed E-state index contributed by atoms with van der Waals surface area (Å²) in [4.78, 5) is 25.5. The quantitative estimate of drug-likeness (QED) is 0.566. The van der Waals surface area contributed by atoms with E-state index in [4.69, 9.17) is 34.4 Å². The van der Waals surface area contributed by atoms with Crippen molar-refractivity contribution in [2.75, 3.05) is 0 Å². The first kappa shape index (κ1) is 19.0. The van der Waals surface area contributed by atoms with Gasteiger partial charge in [-0.3, -0.25) is 9.98 Å². The molecular formula is C22H18N6S2. The Kier molecular flexibility index (Phi) is 4.85. The van der Waals surface area contributed by atoms with Crippen molar-refractivity contribution in [1.29, 1.82) is 0 Å². The monoisotopic (exact) mass is 430 g/mol. The third-order valence-corrected chi connectivity index (χ3v) is 5.79. The molecule has 5 heterocycles. The summed E-state index contributed by atoms with van der Waals surface area (Å²) in [6.45, 7) is 0. The number of hydrogen-bond donors (Lipinski definition) is 2. The normalized spacial score (nSPS) is 24.4. The highest BCUT2D eigenvalue weighted by Gasteiger charge is 2.43. The molecule has 0 saturated heterocycles. The van der Waals surface area contributed by atoms with Gasteiger partial charge < -0.3 is 9.97 Å². The Hall–Kier alpha value is -3.02. The Morgan fingerprint density at radius 2 is 1.77 bits per heavy atom. The van der Waals surface area contributed by atoms with Crippen molar-refractivity contribution in [2.24, 2.45) is 20.0 Å². The van der Waals surface area contributed by atoms with E-state index in [2.05, 4.69) is 48.5 Å². The van der Waals surface area contributed by atoms with E-state index in [0.29, 0.717) is 6.42 Å². The van der Waals surface area contributed by atoms with Gasteiger partial charge in [-0.25, -0.2) is 4.99 Å². The first-order valence-electron chi connectivity index (χ1n) is 9.78. The van der Waals surface area contributed by atoms with Crippen molar-refractivity contribution in [3.8, 4) is 0 Å². The summed E-state index contributed by atoms with van der Waals surface area (Å²) in [6.07, 6.45) is 9.47. The van der Waals surface area contributed by atoms with Crippen molar-refractivity contribution in [3.05, 3.63) is 52.0 Å². The molecule has 8 bridgehead atoms. The van der Waals surface area contributed by atoms with E-state index in [9.17, 15) is 0 Å². The number of thiocarbonyl (C=S) groups is 2. The molecule has 5 rings (SSSR count). The van der Waals surface area contributed by atoms with Gasteiger partial charge in [0.2, 0.25) is 0 Å². The maximum atomic E-state index is 4.96. The maximum Gasteiger partial charge on any atom is 0.189 e. The number of rotatable bonds is 2. The number of hydrogen-bond acceptors (Lipinski definition) is 6. The number of allylic oxidation sites excluding steroid dienone is 1. The van der Waals surface area contributed by atoms with E-state index >= 15 is 0 Å². The molecule has 0 saturated carbocycles. The zero-order chi connectivity index (χ0) is 20.6. The minimum Gasteiger partial charge on any atom is -0.357 e. The summed E-state index contributed by atoms with van der Waals surface area (Å²) in [5, 5.41) is 7.07. The van der Waals surface area contributed by atoms with Gasteiger partial charge in [0.25, 0.3) is 0 Å². The van der Waals surface area contributed by atoms with Crippen LogP contribution >= 0.6 is 24.4 Å². The topological polar surface area (TPSA) is 81.0 Å². The molecule has 2 aromatic rings. The number of fused-ring (bicyclic) bond motifs is 6. The molecule has 2 aromatic heterocycles. The predicted octanol–water partition coefficient (Wildman–Crippen LogP) is 3.37. The summed E-state index contributed by atoms with van der Waals surface area (Å²) in [7, 11) is 0. The van der Waals surface area contributed by atoms with E-state index in [1.807, 2.05) is 24.3 Å². The van der Waals surface area contributed by atoms with Gasteiger partial charge in [-0.2, -0.15) is 4.99 Å². The Morgan fingerprint density at radius 1 is 0.933 bits per heavy atom. The predicted molar refractivity (Wildman–Crippen MR) is 127 cm³/mol. The lowest BCUT2D eigenvalue weighted by molar-refractivity contribution is 0.368. The standard InChI is InChI=1S/C22H18N6S2/c29-12-23-21-20-6-5-18(27-20)10-16-2-1-14(25-16)9-15-3-4-17(26-15)11-19-7-8-22(21,28-19)24-13-30/h3-6,9-11,21,26-27H,1-2,7-8H2. The van der Waals surface area contributed by atoms with Crippen LogP contribution in [0.2, 0.25) is 0 Å². The molecule has 6 nitrogen and oxygen atoms in total. The van der Waals surface area contributed by atoms with Crippen molar-refractivity contribution < 1.29 is 0 Å². The van der Waals surface area contributed by atoms with E-state index in [-0.39, 0.29) is 0 Å². The summed E-state index contributed by atoms with van der Waals surface area (Å²) in [5.41, 5.74) is 3.99. The largest absolute Gasteiger partial charge is 0.357 e. The van der Waals surface area contributed by atoms with Crippen LogP contribution in [0.4, 0.5) is 0 Å². The van der Waals surface area contributed by atoms with Crippen molar-refractivity contribution in [2.45, 2.75) is 37.4 Å². The first-order chi connectivity index (χ1) is 14.7. The fourth-order valence-electron chi connectivity index (χ4n) is 4.24. The summed E-state index contributed by atoms with van der Waals surface area (Å²) in [6, 6.07) is 7.66.